The molecule has 4 heteroatoms. The van der Waals surface area contributed by atoms with Crippen LogP contribution in [-0.4, -0.2) is 22.8 Å². The van der Waals surface area contributed by atoms with Crippen molar-refractivity contribution >= 4 is 5.97 Å². The number of hydrogen-bond acceptors (Lipinski definition) is 3. The second kappa shape index (κ2) is 4.35. The van der Waals surface area contributed by atoms with Gasteiger partial charge in [0.15, 0.2) is 11.5 Å². The number of carboxylic acid groups (broad SMARTS) is 1. The van der Waals surface area contributed by atoms with Gasteiger partial charge < -0.3 is 14.9 Å². The highest BCUT2D eigenvalue weighted by atomic mass is 16.5. The van der Waals surface area contributed by atoms with Crippen molar-refractivity contribution in [1.29, 1.82) is 0 Å². The molecule has 0 heterocycles. The monoisotopic (exact) mass is 182 g/mol. The summed E-state index contributed by atoms with van der Waals surface area (Å²) < 4.78 is 5.02. The maximum Gasteiger partial charge on any atom is 0.306 e. The summed E-state index contributed by atoms with van der Waals surface area (Å²) in [7, 11) is 0. The van der Waals surface area contributed by atoms with Gasteiger partial charge in [0.25, 0.3) is 0 Å². The summed E-state index contributed by atoms with van der Waals surface area (Å²) in [5.41, 5.74) is 0. The number of aliphatic carboxylic acids is 1. The number of hydrogen-bond donors (Lipinski definition) is 2. The summed E-state index contributed by atoms with van der Waals surface area (Å²) in [6.07, 6.45) is -0.0751. The molecule has 0 aliphatic rings. The second-order valence-corrected chi connectivity index (χ2v) is 2.46. The quantitative estimate of drug-likeness (QED) is 0.735. The van der Waals surface area contributed by atoms with Crippen LogP contribution in [0.5, 0.6) is 11.5 Å². The Morgan fingerprint density at radius 2 is 2.08 bits per heavy atom. The van der Waals surface area contributed by atoms with E-state index in [1.807, 2.05) is 0 Å². The molecule has 0 bridgehead atoms. The second-order valence-electron chi connectivity index (χ2n) is 2.46. The third-order valence-electron chi connectivity index (χ3n) is 1.44. The first-order valence-electron chi connectivity index (χ1n) is 3.83. The van der Waals surface area contributed by atoms with Gasteiger partial charge in [0, 0.05) is 0 Å². The molecule has 0 radical (unpaired) electrons. The van der Waals surface area contributed by atoms with Crippen molar-refractivity contribution in [3.05, 3.63) is 24.3 Å². The maximum atomic E-state index is 10.1. The first kappa shape index (κ1) is 9.38. The summed E-state index contributed by atoms with van der Waals surface area (Å²) in [4.78, 5) is 10.1. The average molecular weight is 182 g/mol. The molecule has 0 atom stereocenters. The molecule has 0 saturated heterocycles. The first-order valence-corrected chi connectivity index (χ1v) is 3.83. The molecule has 0 aliphatic carbocycles. The Morgan fingerprint density at radius 3 is 2.69 bits per heavy atom. The highest BCUT2D eigenvalue weighted by Crippen LogP contribution is 2.24. The molecule has 13 heavy (non-hydrogen) atoms. The topological polar surface area (TPSA) is 66.8 Å². The van der Waals surface area contributed by atoms with Gasteiger partial charge in [0.1, 0.15) is 0 Å². The molecule has 0 saturated carbocycles. The molecule has 0 aliphatic heterocycles. The van der Waals surface area contributed by atoms with Crippen molar-refractivity contribution in [2.24, 2.45) is 0 Å². The van der Waals surface area contributed by atoms with Gasteiger partial charge in [-0.25, -0.2) is 0 Å². The number of carbonyl (C=O) groups is 1. The van der Waals surface area contributed by atoms with Crippen LogP contribution in [0.2, 0.25) is 0 Å². The average Bonchev–Trinajstić information content (AvgIpc) is 2.08. The Bertz CT molecular complexity index is 295. The lowest BCUT2D eigenvalue weighted by Gasteiger charge is -2.05. The minimum Gasteiger partial charge on any atom is -0.504 e. The van der Waals surface area contributed by atoms with Crippen LogP contribution in [0.4, 0.5) is 0 Å². The highest BCUT2D eigenvalue weighted by molar-refractivity contribution is 5.66. The van der Waals surface area contributed by atoms with E-state index in [2.05, 4.69) is 0 Å². The summed E-state index contributed by atoms with van der Waals surface area (Å²) in [5.74, 6) is -0.591. The molecule has 0 spiro atoms. The molecule has 0 fully saturated rings. The minimum absolute atomic E-state index is 0.0212. The lowest BCUT2D eigenvalue weighted by Crippen LogP contribution is -2.04. The van der Waals surface area contributed by atoms with Crippen LogP contribution in [0.1, 0.15) is 6.42 Å². The molecule has 1 aromatic carbocycles. The molecule has 0 amide bonds. The van der Waals surface area contributed by atoms with Gasteiger partial charge in [-0.3, -0.25) is 4.79 Å². The van der Waals surface area contributed by atoms with E-state index in [4.69, 9.17) is 9.84 Å². The van der Waals surface area contributed by atoms with E-state index in [9.17, 15) is 9.90 Å². The van der Waals surface area contributed by atoms with Crippen LogP contribution in [0, 0.1) is 0 Å². The molecule has 1 rings (SSSR count). The van der Waals surface area contributed by atoms with Gasteiger partial charge in [-0.05, 0) is 12.1 Å². The smallest absolute Gasteiger partial charge is 0.306 e. The van der Waals surface area contributed by atoms with E-state index in [1.165, 1.54) is 6.07 Å². The molecular formula is C9H10O4. The van der Waals surface area contributed by atoms with Gasteiger partial charge in [-0.1, -0.05) is 12.1 Å². The van der Waals surface area contributed by atoms with E-state index in [0.29, 0.717) is 5.75 Å². The maximum absolute atomic E-state index is 10.1. The lowest BCUT2D eigenvalue weighted by atomic mass is 10.3. The molecule has 1 aromatic rings. The first-order chi connectivity index (χ1) is 6.20. The van der Waals surface area contributed by atoms with Crippen LogP contribution in [0.15, 0.2) is 24.3 Å². The Morgan fingerprint density at radius 1 is 1.38 bits per heavy atom. The summed E-state index contributed by atoms with van der Waals surface area (Å²) in [6, 6.07) is 6.43. The van der Waals surface area contributed by atoms with Crippen molar-refractivity contribution in [3.8, 4) is 11.5 Å². The van der Waals surface area contributed by atoms with Gasteiger partial charge in [0.2, 0.25) is 0 Å². The largest absolute Gasteiger partial charge is 0.504 e. The van der Waals surface area contributed by atoms with E-state index < -0.39 is 5.97 Å². The fraction of sp³-hybridized carbons (Fsp3) is 0.222. The van der Waals surface area contributed by atoms with Crippen LogP contribution in [0.3, 0.4) is 0 Å². The number of benzene rings is 1. The fourth-order valence-electron chi connectivity index (χ4n) is 0.828. The minimum atomic E-state index is -0.921. The zero-order chi connectivity index (χ0) is 9.68. The van der Waals surface area contributed by atoms with Crippen LogP contribution in [0.25, 0.3) is 0 Å². The predicted octanol–water partition coefficient (Wildman–Crippen LogP) is 1.25. The van der Waals surface area contributed by atoms with Crippen molar-refractivity contribution in [3.63, 3.8) is 0 Å². The van der Waals surface area contributed by atoms with Crippen LogP contribution < -0.4 is 4.74 Å². The molecular weight excluding hydrogens is 172 g/mol. The summed E-state index contributed by atoms with van der Waals surface area (Å²) >= 11 is 0. The van der Waals surface area contributed by atoms with Crippen molar-refractivity contribution in [2.75, 3.05) is 6.61 Å². The normalized spacial score (nSPS) is 9.54. The Hall–Kier alpha value is -1.71. The molecule has 70 valence electrons. The SMILES string of the molecule is O=C(O)CCOc1ccccc1O. The zero-order valence-electron chi connectivity index (χ0n) is 6.93. The van der Waals surface area contributed by atoms with Gasteiger partial charge in [-0.15, -0.1) is 0 Å². The summed E-state index contributed by atoms with van der Waals surface area (Å²) in [6.45, 7) is 0.0624. The van der Waals surface area contributed by atoms with E-state index in [0.717, 1.165) is 0 Å². The van der Waals surface area contributed by atoms with Gasteiger partial charge >= 0.3 is 5.97 Å². The standard InChI is InChI=1S/C9H10O4/c10-7-3-1-2-4-8(7)13-6-5-9(11)12/h1-4,10H,5-6H2,(H,11,12). The van der Waals surface area contributed by atoms with E-state index in [-0.39, 0.29) is 18.8 Å². The van der Waals surface area contributed by atoms with Gasteiger partial charge in [0.05, 0.1) is 13.0 Å². The number of ether oxygens (including phenoxy) is 1. The van der Waals surface area contributed by atoms with E-state index in [1.54, 1.807) is 18.2 Å². The molecule has 4 nitrogen and oxygen atoms in total. The van der Waals surface area contributed by atoms with Gasteiger partial charge in [-0.2, -0.15) is 0 Å². The molecule has 2 N–H and O–H groups in total. The Balaban J connectivity index is 2.45. The van der Waals surface area contributed by atoms with Crippen molar-refractivity contribution in [2.45, 2.75) is 6.42 Å². The number of para-hydroxylation sites is 2. The summed E-state index contributed by atoms with van der Waals surface area (Å²) in [5, 5.41) is 17.5. The number of phenolic OH excluding ortho intramolecular Hbond substituents is 1. The highest BCUT2D eigenvalue weighted by Gasteiger charge is 2.01. The predicted molar refractivity (Wildman–Crippen MR) is 45.9 cm³/mol. The fourth-order valence-corrected chi connectivity index (χ4v) is 0.828. The third-order valence-corrected chi connectivity index (χ3v) is 1.44. The number of carboxylic acids is 1. The molecule has 0 aromatic heterocycles. The zero-order valence-corrected chi connectivity index (χ0v) is 6.93. The van der Waals surface area contributed by atoms with E-state index >= 15 is 0 Å². The number of phenols is 1. The van der Waals surface area contributed by atoms with Crippen LogP contribution >= 0.6 is 0 Å². The van der Waals surface area contributed by atoms with Crippen molar-refractivity contribution in [1.82, 2.24) is 0 Å². The third kappa shape index (κ3) is 3.02. The number of aromatic hydroxyl groups is 1. The molecule has 0 unspecified atom stereocenters. The number of rotatable bonds is 4. The Labute approximate surface area is 75.4 Å². The van der Waals surface area contributed by atoms with Crippen LogP contribution in [-0.2, 0) is 4.79 Å². The van der Waals surface area contributed by atoms with Crippen molar-refractivity contribution < 1.29 is 19.7 Å². The lowest BCUT2D eigenvalue weighted by molar-refractivity contribution is -0.137. The Kier molecular flexibility index (Phi) is 3.14.